The molecule has 1 saturated heterocycles. The van der Waals surface area contributed by atoms with Gasteiger partial charge in [0, 0.05) is 66.5 Å². The van der Waals surface area contributed by atoms with Crippen LogP contribution in [0.5, 0.6) is 5.75 Å². The van der Waals surface area contributed by atoms with Crippen LogP contribution < -0.4 is 83.9 Å². The average Bonchev–Trinajstić information content (AvgIpc) is 1.47. The summed E-state index contributed by atoms with van der Waals surface area (Å²) < 4.78 is 30.5. The van der Waals surface area contributed by atoms with Crippen LogP contribution in [-0.4, -0.2) is 204 Å². The van der Waals surface area contributed by atoms with E-state index in [1.165, 1.54) is 76.3 Å². The Labute approximate surface area is 701 Å². The van der Waals surface area contributed by atoms with Gasteiger partial charge in [0.2, 0.25) is 11.4 Å². The Morgan fingerprint density at radius 2 is 0.992 bits per heavy atom. The van der Waals surface area contributed by atoms with Crippen molar-refractivity contribution in [1.82, 2.24) is 62.5 Å². The molecule has 0 saturated carbocycles. The highest BCUT2D eigenvalue weighted by Crippen LogP contribution is 2.38. The van der Waals surface area contributed by atoms with E-state index in [4.69, 9.17) is 23.6 Å². The molecule has 12 rings (SSSR count). The molecule has 4 aliphatic rings. The quantitative estimate of drug-likeness (QED) is 0.0329. The van der Waals surface area contributed by atoms with E-state index in [9.17, 15) is 88.6 Å². The number of carboxylic acid groups (broad SMARTS) is 3. The molecular formula is C80H97N20O23+. The lowest BCUT2D eigenvalue weighted by molar-refractivity contribution is -0.377. The van der Waals surface area contributed by atoms with Gasteiger partial charge in [0.25, 0.3) is 5.69 Å². The monoisotopic (exact) mass is 1710 g/mol. The summed E-state index contributed by atoms with van der Waals surface area (Å²) in [6.45, 7) is 6.63. The molecule has 21 N–H and O–H groups in total. The van der Waals surface area contributed by atoms with E-state index in [1.807, 2.05) is 20.8 Å². The summed E-state index contributed by atoms with van der Waals surface area (Å²) in [5, 5.41) is 125. The maximum atomic E-state index is 14.6. The second-order valence-electron chi connectivity index (χ2n) is 28.9. The number of carboxylic acids is 3. The van der Waals surface area contributed by atoms with Gasteiger partial charge in [0.15, 0.2) is 11.7 Å². The summed E-state index contributed by atoms with van der Waals surface area (Å²) in [6, 6.07) is 11.1. The van der Waals surface area contributed by atoms with Crippen molar-refractivity contribution < 1.29 is 112 Å². The number of urea groups is 6. The number of hydrogen-bond acceptors (Lipinski definition) is 25. The number of aliphatic hydroxyl groups is 4. The molecule has 2 aromatic heterocycles. The van der Waals surface area contributed by atoms with Crippen molar-refractivity contribution in [3.8, 4) is 5.75 Å². The van der Waals surface area contributed by atoms with Crippen LogP contribution >= 0.6 is 0 Å². The van der Waals surface area contributed by atoms with Crippen molar-refractivity contribution in [2.24, 2.45) is 0 Å². The van der Waals surface area contributed by atoms with E-state index in [2.05, 4.69) is 89.7 Å². The molecule has 123 heavy (non-hydrogen) atoms. The zero-order chi connectivity index (χ0) is 88.1. The van der Waals surface area contributed by atoms with Gasteiger partial charge in [-0.15, -0.1) is 5.10 Å². The predicted molar refractivity (Wildman–Crippen MR) is 440 cm³/mol. The lowest BCUT2D eigenvalue weighted by Gasteiger charge is -2.40. The molecule has 5 atom stereocenters. The number of carbonyl (C=O) groups is 10. The average molecular weight is 1710 g/mol. The van der Waals surface area contributed by atoms with Crippen LogP contribution in [0.15, 0.2) is 77.6 Å². The van der Waals surface area contributed by atoms with Crippen LogP contribution in [-0.2, 0) is 124 Å². The van der Waals surface area contributed by atoms with Crippen molar-refractivity contribution >= 4 is 117 Å². The van der Waals surface area contributed by atoms with Crippen LogP contribution in [0.3, 0.4) is 0 Å². The minimum Gasteiger partial charge on any atom is -0.490 e. The summed E-state index contributed by atoms with van der Waals surface area (Å²) >= 11 is 0. The van der Waals surface area contributed by atoms with E-state index in [0.717, 1.165) is 22.3 Å². The molecule has 6 aromatic carbocycles. The number of nitrogens with zero attached hydrogens (tertiary/aromatic N) is 6. The van der Waals surface area contributed by atoms with E-state index in [1.54, 1.807) is 25.2 Å². The zero-order valence-corrected chi connectivity index (χ0v) is 67.7. The maximum Gasteiger partial charge on any atom is 0.319 e. The molecule has 43 nitrogen and oxygen atoms in total. The molecule has 6 bridgehead atoms. The van der Waals surface area contributed by atoms with Crippen molar-refractivity contribution in [3.05, 3.63) is 161 Å². The van der Waals surface area contributed by atoms with Crippen LogP contribution in [0.4, 0.5) is 74.3 Å². The third kappa shape index (κ3) is 23.1. The molecule has 0 aliphatic carbocycles. The van der Waals surface area contributed by atoms with Crippen LogP contribution in [0.2, 0.25) is 0 Å². The lowest BCUT2D eigenvalue weighted by Crippen LogP contribution is -2.63. The Morgan fingerprint density at radius 3 is 1.47 bits per heavy atom. The molecule has 4 aliphatic heterocycles. The Hall–Kier alpha value is -13.7. The normalized spacial score (nSPS) is 17.4. The van der Waals surface area contributed by atoms with Gasteiger partial charge in [-0.3, -0.25) is 19.2 Å². The summed E-state index contributed by atoms with van der Waals surface area (Å²) in [7, 11) is 0. The number of anilines is 7. The molecule has 1 fully saturated rings. The summed E-state index contributed by atoms with van der Waals surface area (Å²) in [6.07, 6.45) is -6.51. The molecule has 0 spiro atoms. The van der Waals surface area contributed by atoms with Crippen molar-refractivity contribution in [2.45, 2.75) is 156 Å². The van der Waals surface area contributed by atoms with Crippen molar-refractivity contribution in [1.29, 1.82) is 0 Å². The molecule has 8 aromatic rings. The van der Waals surface area contributed by atoms with Gasteiger partial charge in [-0.05, 0) is 159 Å². The van der Waals surface area contributed by atoms with Gasteiger partial charge in [-0.1, -0.05) is 44.2 Å². The first-order valence-electron chi connectivity index (χ1n) is 39.4. The number of carbonyl (C=O) groups excluding carboxylic acids is 7. The minimum absolute atomic E-state index is 0.00581. The van der Waals surface area contributed by atoms with Gasteiger partial charge < -0.3 is 129 Å². The van der Waals surface area contributed by atoms with Crippen molar-refractivity contribution in [3.63, 3.8) is 0 Å². The third-order valence-electron chi connectivity index (χ3n) is 20.8. The van der Waals surface area contributed by atoms with Crippen LogP contribution in [0.1, 0.15) is 104 Å². The lowest BCUT2D eigenvalue weighted by atomic mass is 9.82. The van der Waals surface area contributed by atoms with E-state index < -0.39 is 123 Å². The SMILES string of the molecule is CCc1c2c(CC)c3c(CC)c1CNC(=O)Nc1cc(CC(=O)O)ccc1NC(=O)NCc1c(C)c(c(OCCOCCOCCn4cc(CN(CC(=O)N[C@@H]5O[C@H](CO)[C@@H](O)[C@H](O)[C@H]5O)c5ccc([NH+]=O)c6nonc56)nn4)c(c1C)CNC(=O)Nc1ccc(CC(=O)O)cc1NC(=O)NC3)CNC(=O)Nc1ccc(CC(=O)O)cc1NC(=O)NCC2. The molecule has 0 radical (unpaired) electrons. The van der Waals surface area contributed by atoms with Crippen molar-refractivity contribution in [2.75, 3.05) is 89.5 Å². The number of nitrogens with one attached hydrogen (secondary N) is 14. The number of amides is 13. The molecule has 13 amide bonds. The van der Waals surface area contributed by atoms with Crippen LogP contribution in [0.25, 0.3) is 11.0 Å². The number of aromatic nitrogens is 5. The first kappa shape index (κ1) is 90.1. The Kier molecular flexibility index (Phi) is 30.7. The predicted octanol–water partition coefficient (Wildman–Crippen LogP) is 3.11. The minimum atomic E-state index is -1.78. The van der Waals surface area contributed by atoms with Gasteiger partial charge in [0.05, 0.1) is 118 Å². The number of ether oxygens (including phenoxy) is 4. The summed E-state index contributed by atoms with van der Waals surface area (Å²) in [5.74, 6) is -4.17. The Bertz CT molecular complexity index is 5290. The smallest absolute Gasteiger partial charge is 0.319 e. The number of aliphatic carboxylic acids is 3. The Balaban J connectivity index is 0.886. The van der Waals surface area contributed by atoms with Gasteiger partial charge in [-0.2, -0.15) is 0 Å². The highest BCUT2D eigenvalue weighted by Gasteiger charge is 2.44. The van der Waals surface area contributed by atoms with Gasteiger partial charge >= 0.3 is 54.1 Å². The molecule has 654 valence electrons. The summed E-state index contributed by atoms with van der Waals surface area (Å²) in [4.78, 5) is 150. The number of rotatable bonds is 27. The molecule has 6 heterocycles. The van der Waals surface area contributed by atoms with E-state index in [-0.39, 0.29) is 171 Å². The zero-order valence-electron chi connectivity index (χ0n) is 67.7. The standard InChI is InChI=1S/C80H96N20O23/c1-6-46-49-17-18-81-75(112)90-59-25-42(28-65(103)104)9-12-55(59)88-77(114)83-32-51-40(4)50-31-82-76(113)87-56-13-10-43(29-66(105)106)26-60(56)91-79(116)85-34-53(46)48(8-3)54(47(49)7-2)35-86-80(117)92-61-27-44(30-67(107)108)11-14-57(61)89-78(115)84-33-52(41(50)5)73(51)121-24-23-120-22-21-119-20-19-100-37-45(94-98-100)36-99(62-16-15-58(95-118)68-69(62)97-123-96-68)38-64(102)93-74-72(111)71(110)70(109)63(39-101)122-74/h9-16,25-27,37,63,70-72,74,101,109-111H,6-8,17-24,28-36,38-39H2,1-5H3,(H,93,102)(H,103,104)(H,105,106)(H,107,108)(H2,81,90,112)(H2,82,87,113)(H2,83,88,114)(H2,84,89,115)(H2,85,91,116)(H2,86,92,117)/p+1/t63-,70-,71+,72-,74-/m1/s1. The fourth-order valence-corrected chi connectivity index (χ4v) is 15.0. The highest BCUT2D eigenvalue weighted by molar-refractivity contribution is 6.02. The second kappa shape index (κ2) is 42.0. The fourth-order valence-electron chi connectivity index (χ4n) is 15.0. The van der Waals surface area contributed by atoms with E-state index in [0.29, 0.717) is 63.9 Å². The third-order valence-corrected chi connectivity index (χ3v) is 20.8. The molecular weight excluding hydrogens is 1610 g/mol. The summed E-state index contributed by atoms with van der Waals surface area (Å²) in [5.41, 5.74) is 8.18. The number of benzene rings is 6. The molecule has 43 heteroatoms. The largest absolute Gasteiger partial charge is 0.490 e. The van der Waals surface area contributed by atoms with Gasteiger partial charge in [-0.25, -0.2) is 38.1 Å². The topological polar surface area (TPSA) is 610 Å². The highest BCUT2D eigenvalue weighted by atomic mass is 16.6. The first-order chi connectivity index (χ1) is 59.1. The van der Waals surface area contributed by atoms with E-state index >= 15 is 0 Å². The number of fused-ring (bicyclic) bond motifs is 20. The number of aliphatic hydroxyl groups excluding tert-OH is 4. The Morgan fingerprint density at radius 1 is 0.545 bits per heavy atom. The first-order valence-corrected chi connectivity index (χ1v) is 39.4. The number of nitroso groups, excluding NO2 is 1. The fraction of sp³-hybridized carbons (Fsp3) is 0.400. The second-order valence-corrected chi connectivity index (χ2v) is 28.9. The number of hydrogen-bond donors (Lipinski definition) is 21. The maximum absolute atomic E-state index is 14.6. The van der Waals surface area contributed by atoms with Gasteiger partial charge in [0.1, 0.15) is 42.5 Å². The molecule has 0 unspecified atom stereocenters. The van der Waals surface area contributed by atoms with Crippen LogP contribution in [0, 0.1) is 18.8 Å².